The second-order valence-corrected chi connectivity index (χ2v) is 5.10. The summed E-state index contributed by atoms with van der Waals surface area (Å²) < 4.78 is 0. The van der Waals surface area contributed by atoms with Crippen molar-refractivity contribution in [1.29, 1.82) is 0 Å². The van der Waals surface area contributed by atoms with Crippen LogP contribution < -0.4 is 16.8 Å². The average molecular weight is 223 g/mol. The fourth-order valence-corrected chi connectivity index (χ4v) is 2.42. The molecule has 0 radical (unpaired) electrons. The van der Waals surface area contributed by atoms with Gasteiger partial charge in [0.1, 0.15) is 0 Å². The van der Waals surface area contributed by atoms with Crippen molar-refractivity contribution in [2.45, 2.75) is 6.42 Å². The molecule has 13 heavy (non-hydrogen) atoms. The van der Waals surface area contributed by atoms with Gasteiger partial charge in [0.25, 0.3) is 0 Å². The highest BCUT2D eigenvalue weighted by atomic mass is 33.1. The van der Waals surface area contributed by atoms with Gasteiger partial charge in [0.15, 0.2) is 0 Å². The van der Waals surface area contributed by atoms with Gasteiger partial charge in [-0.2, -0.15) is 0 Å². The molecule has 0 aliphatic carbocycles. The van der Waals surface area contributed by atoms with Crippen molar-refractivity contribution >= 4 is 27.5 Å². The van der Waals surface area contributed by atoms with Crippen LogP contribution in [0.3, 0.4) is 0 Å². The molecule has 0 aromatic rings. The third-order valence-corrected chi connectivity index (χ3v) is 3.63. The molecule has 0 bridgehead atoms. The fraction of sp³-hybridized carbons (Fsp3) is 0.857. The number of carbonyl (C=O) groups excluding carboxylic acids is 1. The molecule has 0 aromatic heterocycles. The van der Waals surface area contributed by atoms with E-state index in [0.29, 0.717) is 13.0 Å². The predicted molar refractivity (Wildman–Crippen MR) is 60.7 cm³/mol. The molecule has 78 valence electrons. The van der Waals surface area contributed by atoms with E-state index in [1.807, 2.05) is 0 Å². The summed E-state index contributed by atoms with van der Waals surface area (Å²) in [7, 11) is 3.57. The highest BCUT2D eigenvalue weighted by Gasteiger charge is 1.93. The Morgan fingerprint density at radius 2 is 1.92 bits per heavy atom. The number of hydrogen-bond acceptors (Lipinski definition) is 5. The molecule has 0 atom stereocenters. The maximum atomic E-state index is 10.3. The first-order valence-electron chi connectivity index (χ1n) is 4.21. The highest BCUT2D eigenvalue weighted by Crippen LogP contribution is 2.18. The van der Waals surface area contributed by atoms with Gasteiger partial charge in [-0.05, 0) is 0 Å². The molecule has 0 rings (SSSR count). The summed E-state index contributed by atoms with van der Waals surface area (Å²) in [5.74, 6) is 1.77. The molecule has 0 heterocycles. The summed E-state index contributed by atoms with van der Waals surface area (Å²) in [5, 5.41) is 3.13. The van der Waals surface area contributed by atoms with Crippen LogP contribution >= 0.6 is 21.6 Å². The number of carbonyl (C=O) groups is 1. The molecule has 1 amide bonds. The van der Waals surface area contributed by atoms with Gasteiger partial charge in [0, 0.05) is 37.6 Å². The van der Waals surface area contributed by atoms with E-state index in [-0.39, 0.29) is 5.91 Å². The van der Waals surface area contributed by atoms with Gasteiger partial charge in [-0.25, -0.2) is 0 Å². The van der Waals surface area contributed by atoms with Crippen LogP contribution in [0.25, 0.3) is 0 Å². The molecule has 5 N–H and O–H groups in total. The Morgan fingerprint density at radius 1 is 1.23 bits per heavy atom. The lowest BCUT2D eigenvalue weighted by Gasteiger charge is -2.01. The Balaban J connectivity index is 2.87. The largest absolute Gasteiger partial charge is 0.370 e. The Bertz CT molecular complexity index is 135. The molecular formula is C7H17N3OS2. The topological polar surface area (TPSA) is 81.1 Å². The lowest BCUT2D eigenvalue weighted by molar-refractivity contribution is -0.117. The van der Waals surface area contributed by atoms with Crippen LogP contribution in [0.2, 0.25) is 0 Å². The van der Waals surface area contributed by atoms with Gasteiger partial charge in [-0.3, -0.25) is 4.79 Å². The number of rotatable bonds is 9. The lowest BCUT2D eigenvalue weighted by atomic mass is 10.4. The molecule has 0 aliphatic rings. The normalized spacial score (nSPS) is 10.2. The standard InChI is InChI=1S/C7H17N3OS2/c8-2-5-12-13-6-4-10-3-1-7(9)11/h10H,1-6,8H2,(H2,9,11). The second kappa shape index (κ2) is 10.2. The number of hydrogen-bond donors (Lipinski definition) is 3. The third kappa shape index (κ3) is 12.1. The summed E-state index contributed by atoms with van der Waals surface area (Å²) in [5.41, 5.74) is 10.3. The van der Waals surface area contributed by atoms with Crippen LogP contribution in [0.5, 0.6) is 0 Å². The quantitative estimate of drug-likeness (QED) is 0.372. The zero-order valence-corrected chi connectivity index (χ0v) is 9.26. The van der Waals surface area contributed by atoms with Crippen molar-refractivity contribution in [1.82, 2.24) is 5.32 Å². The molecule has 0 fully saturated rings. The monoisotopic (exact) mass is 223 g/mol. The van der Waals surface area contributed by atoms with E-state index in [4.69, 9.17) is 11.5 Å². The van der Waals surface area contributed by atoms with E-state index in [1.54, 1.807) is 21.6 Å². The molecule has 4 nitrogen and oxygen atoms in total. The Hall–Kier alpha value is 0.0900. The molecular weight excluding hydrogens is 206 g/mol. The Kier molecular flexibility index (Phi) is 10.2. The van der Waals surface area contributed by atoms with E-state index in [0.717, 1.165) is 24.6 Å². The molecule has 0 aromatic carbocycles. The maximum absolute atomic E-state index is 10.3. The Morgan fingerprint density at radius 3 is 2.54 bits per heavy atom. The van der Waals surface area contributed by atoms with Crippen molar-refractivity contribution in [2.75, 3.05) is 31.1 Å². The zero-order chi connectivity index (χ0) is 9.94. The summed E-state index contributed by atoms with van der Waals surface area (Å²) in [6.07, 6.45) is 0.417. The first-order valence-corrected chi connectivity index (χ1v) is 6.69. The van der Waals surface area contributed by atoms with Crippen molar-refractivity contribution in [3.8, 4) is 0 Å². The van der Waals surface area contributed by atoms with Gasteiger partial charge >= 0.3 is 0 Å². The van der Waals surface area contributed by atoms with Gasteiger partial charge < -0.3 is 16.8 Å². The highest BCUT2D eigenvalue weighted by molar-refractivity contribution is 8.76. The van der Waals surface area contributed by atoms with Crippen molar-refractivity contribution in [2.24, 2.45) is 11.5 Å². The van der Waals surface area contributed by atoms with E-state index >= 15 is 0 Å². The summed E-state index contributed by atoms with van der Waals surface area (Å²) in [6, 6.07) is 0. The molecule has 0 aliphatic heterocycles. The van der Waals surface area contributed by atoms with Crippen LogP contribution in [0.15, 0.2) is 0 Å². The molecule has 6 heteroatoms. The summed E-state index contributed by atoms with van der Waals surface area (Å²) in [6.45, 7) is 2.32. The van der Waals surface area contributed by atoms with Gasteiger partial charge in [-0.15, -0.1) is 0 Å². The van der Waals surface area contributed by atoms with E-state index < -0.39 is 0 Å². The van der Waals surface area contributed by atoms with E-state index in [2.05, 4.69) is 5.32 Å². The summed E-state index contributed by atoms with van der Waals surface area (Å²) in [4.78, 5) is 10.3. The minimum Gasteiger partial charge on any atom is -0.370 e. The smallest absolute Gasteiger partial charge is 0.218 e. The molecule has 0 saturated carbocycles. The lowest BCUT2D eigenvalue weighted by Crippen LogP contribution is -2.23. The average Bonchev–Trinajstić information content (AvgIpc) is 2.09. The number of nitrogens with two attached hydrogens (primary N) is 2. The number of primary amides is 1. The van der Waals surface area contributed by atoms with Crippen LogP contribution in [0, 0.1) is 0 Å². The zero-order valence-electron chi connectivity index (χ0n) is 7.62. The van der Waals surface area contributed by atoms with Gasteiger partial charge in [0.05, 0.1) is 0 Å². The van der Waals surface area contributed by atoms with Crippen LogP contribution in [-0.2, 0) is 4.79 Å². The minimum atomic E-state index is -0.252. The van der Waals surface area contributed by atoms with Crippen molar-refractivity contribution < 1.29 is 4.79 Å². The number of amides is 1. The molecule has 0 saturated heterocycles. The van der Waals surface area contributed by atoms with Crippen LogP contribution in [0.4, 0.5) is 0 Å². The first-order chi connectivity index (χ1) is 6.27. The Labute approximate surface area is 87.0 Å². The number of nitrogens with one attached hydrogen (secondary N) is 1. The van der Waals surface area contributed by atoms with Gasteiger partial charge in [0.2, 0.25) is 5.91 Å². The third-order valence-electron chi connectivity index (χ3n) is 1.19. The molecule has 0 unspecified atom stereocenters. The predicted octanol–water partition coefficient (Wildman–Crippen LogP) is -0.209. The maximum Gasteiger partial charge on any atom is 0.218 e. The van der Waals surface area contributed by atoms with Crippen LogP contribution in [-0.4, -0.2) is 37.0 Å². The van der Waals surface area contributed by atoms with E-state index in [1.165, 1.54) is 0 Å². The summed E-state index contributed by atoms with van der Waals surface area (Å²) >= 11 is 0. The fourth-order valence-electron chi connectivity index (χ4n) is 0.616. The second-order valence-electron chi connectivity index (χ2n) is 2.40. The van der Waals surface area contributed by atoms with Crippen molar-refractivity contribution in [3.63, 3.8) is 0 Å². The van der Waals surface area contributed by atoms with Crippen molar-refractivity contribution in [3.05, 3.63) is 0 Å². The molecule has 0 spiro atoms. The van der Waals surface area contributed by atoms with Gasteiger partial charge in [-0.1, -0.05) is 21.6 Å². The minimum absolute atomic E-state index is 0.252. The van der Waals surface area contributed by atoms with E-state index in [9.17, 15) is 4.79 Å². The SMILES string of the molecule is NCCSSCCNCCC(N)=O. The van der Waals surface area contributed by atoms with Crippen LogP contribution in [0.1, 0.15) is 6.42 Å². The first kappa shape index (κ1) is 13.1.